The van der Waals surface area contributed by atoms with E-state index in [4.69, 9.17) is 21.1 Å². The van der Waals surface area contributed by atoms with E-state index in [2.05, 4.69) is 20.6 Å². The van der Waals surface area contributed by atoms with Crippen LogP contribution in [-0.2, 0) is 0 Å². The van der Waals surface area contributed by atoms with Crippen molar-refractivity contribution in [3.8, 4) is 0 Å². The summed E-state index contributed by atoms with van der Waals surface area (Å²) in [5.41, 5.74) is 0.957. The summed E-state index contributed by atoms with van der Waals surface area (Å²) in [6, 6.07) is 3.52. The predicted octanol–water partition coefficient (Wildman–Crippen LogP) is 1.70. The molecule has 1 aliphatic carbocycles. The minimum absolute atomic E-state index is 0.00429. The maximum atomic E-state index is 10.4. The molecule has 0 bridgehead atoms. The molecule has 3 rings (SSSR count). The van der Waals surface area contributed by atoms with Crippen molar-refractivity contribution in [2.45, 2.75) is 18.5 Å². The third-order valence-corrected chi connectivity index (χ3v) is 2.84. The lowest BCUT2D eigenvalue weighted by molar-refractivity contribution is 0.194. The number of aromatic nitrogens is 2. The number of nitrogens with one attached hydrogen (secondary N) is 2. The highest BCUT2D eigenvalue weighted by atomic mass is 35.5. The van der Waals surface area contributed by atoms with E-state index < -0.39 is 6.09 Å². The second-order valence-corrected chi connectivity index (χ2v) is 4.40. The van der Waals surface area contributed by atoms with Crippen LogP contribution in [-0.4, -0.2) is 33.3 Å². The molecule has 2 heterocycles. The molecule has 7 nitrogen and oxygen atoms in total. The van der Waals surface area contributed by atoms with Gasteiger partial charge in [-0.15, -0.1) is 0 Å². The number of pyridine rings is 1. The van der Waals surface area contributed by atoms with E-state index in [1.165, 1.54) is 0 Å². The lowest BCUT2D eigenvalue weighted by Gasteiger charge is -1.99. The Hall–Kier alpha value is -2.02. The van der Waals surface area contributed by atoms with Crippen LogP contribution >= 0.6 is 11.6 Å². The first-order valence-electron chi connectivity index (χ1n) is 5.31. The minimum atomic E-state index is -1.03. The molecule has 1 saturated carbocycles. The Morgan fingerprint density at radius 1 is 1.44 bits per heavy atom. The number of carbonyl (C=O) groups is 1. The topological polar surface area (TPSA) is 100 Å². The van der Waals surface area contributed by atoms with Crippen LogP contribution in [0.4, 0.5) is 10.8 Å². The maximum Gasteiger partial charge on any atom is 0.404 e. The molecule has 2 aromatic heterocycles. The molecule has 0 spiro atoms. The zero-order valence-corrected chi connectivity index (χ0v) is 9.81. The highest BCUT2D eigenvalue weighted by molar-refractivity contribution is 6.29. The standard InChI is InChI=1S/C10H9ClN4O3/c11-7-2-1-6-8(14-7)15-9(18-6)12-4-3-5(4)13-10(16)17/h1-2,4-5,13H,3H2,(H,16,17)(H,12,14,15)/t4-,5-/m1/s1. The van der Waals surface area contributed by atoms with Gasteiger partial charge in [-0.2, -0.15) is 4.98 Å². The number of fused-ring (bicyclic) bond motifs is 1. The third kappa shape index (κ3) is 2.17. The normalized spacial score (nSPS) is 21.8. The number of rotatable bonds is 3. The summed E-state index contributed by atoms with van der Waals surface area (Å²) in [4.78, 5) is 18.5. The van der Waals surface area contributed by atoms with Crippen molar-refractivity contribution in [1.82, 2.24) is 15.3 Å². The highest BCUT2D eigenvalue weighted by Gasteiger charge is 2.39. The molecule has 94 valence electrons. The van der Waals surface area contributed by atoms with Crippen molar-refractivity contribution in [3.05, 3.63) is 17.3 Å². The van der Waals surface area contributed by atoms with Gasteiger partial charge in [-0.25, -0.2) is 9.78 Å². The van der Waals surface area contributed by atoms with Gasteiger partial charge in [0.05, 0.1) is 12.1 Å². The third-order valence-electron chi connectivity index (χ3n) is 2.63. The van der Waals surface area contributed by atoms with E-state index in [0.29, 0.717) is 28.8 Å². The minimum Gasteiger partial charge on any atom is -0.465 e. The summed E-state index contributed by atoms with van der Waals surface area (Å²) < 4.78 is 5.41. The molecular formula is C10H9ClN4O3. The number of amides is 1. The Labute approximate surface area is 106 Å². The fraction of sp³-hybridized carbons (Fsp3) is 0.300. The molecule has 1 fully saturated rings. The van der Waals surface area contributed by atoms with Crippen molar-refractivity contribution >= 4 is 34.9 Å². The Morgan fingerprint density at radius 2 is 2.28 bits per heavy atom. The first-order valence-corrected chi connectivity index (χ1v) is 5.69. The molecule has 1 amide bonds. The summed E-state index contributed by atoms with van der Waals surface area (Å²) in [6.07, 6.45) is -0.325. The van der Waals surface area contributed by atoms with Crippen molar-refractivity contribution in [3.63, 3.8) is 0 Å². The lowest BCUT2D eigenvalue weighted by atomic mass is 10.5. The molecule has 8 heteroatoms. The van der Waals surface area contributed by atoms with E-state index in [1.807, 2.05) is 0 Å². The fourth-order valence-electron chi connectivity index (χ4n) is 1.69. The van der Waals surface area contributed by atoms with Crippen LogP contribution < -0.4 is 10.6 Å². The van der Waals surface area contributed by atoms with Crippen LogP contribution in [0, 0.1) is 0 Å². The largest absolute Gasteiger partial charge is 0.465 e. The fourth-order valence-corrected chi connectivity index (χ4v) is 1.83. The highest BCUT2D eigenvalue weighted by Crippen LogP contribution is 2.27. The van der Waals surface area contributed by atoms with Crippen LogP contribution in [0.1, 0.15) is 6.42 Å². The number of hydrogen-bond donors (Lipinski definition) is 3. The molecule has 3 N–H and O–H groups in total. The summed E-state index contributed by atoms with van der Waals surface area (Å²) in [6.45, 7) is 0. The van der Waals surface area contributed by atoms with E-state index in [1.54, 1.807) is 12.1 Å². The maximum absolute atomic E-state index is 10.4. The number of carboxylic acid groups (broad SMARTS) is 1. The molecule has 0 aromatic carbocycles. The van der Waals surface area contributed by atoms with Gasteiger partial charge in [-0.05, 0) is 18.6 Å². The van der Waals surface area contributed by atoms with Gasteiger partial charge in [0.2, 0.25) is 5.65 Å². The number of oxazole rings is 1. The van der Waals surface area contributed by atoms with Crippen molar-refractivity contribution in [1.29, 1.82) is 0 Å². The summed E-state index contributed by atoms with van der Waals surface area (Å²) in [5.74, 6) is 0. The smallest absolute Gasteiger partial charge is 0.404 e. The van der Waals surface area contributed by atoms with E-state index in [9.17, 15) is 4.79 Å². The summed E-state index contributed by atoms with van der Waals surface area (Å²) >= 11 is 5.74. The molecule has 18 heavy (non-hydrogen) atoms. The van der Waals surface area contributed by atoms with Crippen LogP contribution in [0.5, 0.6) is 0 Å². The zero-order chi connectivity index (χ0) is 12.7. The van der Waals surface area contributed by atoms with Crippen LogP contribution in [0.2, 0.25) is 5.15 Å². The Balaban J connectivity index is 1.71. The van der Waals surface area contributed by atoms with Crippen LogP contribution in [0.25, 0.3) is 11.2 Å². The van der Waals surface area contributed by atoms with Crippen molar-refractivity contribution in [2.24, 2.45) is 0 Å². The quantitative estimate of drug-likeness (QED) is 0.733. The average molecular weight is 269 g/mol. The van der Waals surface area contributed by atoms with Gasteiger partial charge in [0.1, 0.15) is 5.15 Å². The van der Waals surface area contributed by atoms with Gasteiger partial charge in [-0.1, -0.05) is 11.6 Å². The molecule has 2 atom stereocenters. The molecule has 0 saturated heterocycles. The monoisotopic (exact) mass is 268 g/mol. The number of halogens is 1. The van der Waals surface area contributed by atoms with Gasteiger partial charge in [-0.3, -0.25) is 0 Å². The van der Waals surface area contributed by atoms with Gasteiger partial charge in [0.25, 0.3) is 6.01 Å². The number of anilines is 1. The lowest BCUT2D eigenvalue weighted by Crippen LogP contribution is -2.27. The molecule has 1 aliphatic rings. The van der Waals surface area contributed by atoms with Crippen molar-refractivity contribution in [2.75, 3.05) is 5.32 Å². The van der Waals surface area contributed by atoms with E-state index >= 15 is 0 Å². The van der Waals surface area contributed by atoms with Crippen LogP contribution in [0.3, 0.4) is 0 Å². The summed E-state index contributed by atoms with van der Waals surface area (Å²) in [5, 5.41) is 14.3. The van der Waals surface area contributed by atoms with Crippen molar-refractivity contribution < 1.29 is 14.3 Å². The molecule has 0 aliphatic heterocycles. The second-order valence-electron chi connectivity index (χ2n) is 4.02. The zero-order valence-electron chi connectivity index (χ0n) is 9.05. The van der Waals surface area contributed by atoms with Gasteiger partial charge in [0.15, 0.2) is 5.58 Å². The first-order chi connectivity index (χ1) is 8.61. The average Bonchev–Trinajstić information content (AvgIpc) is 2.87. The molecule has 2 aromatic rings. The SMILES string of the molecule is O=C(O)N[C@@H]1C[C@H]1Nc1nc2nc(Cl)ccc2o1. The molecule has 0 radical (unpaired) electrons. The molecule has 0 unspecified atom stereocenters. The van der Waals surface area contributed by atoms with Gasteiger partial charge >= 0.3 is 6.09 Å². The van der Waals surface area contributed by atoms with E-state index in [-0.39, 0.29) is 12.1 Å². The Kier molecular flexibility index (Phi) is 2.48. The Bertz CT molecular complexity index is 614. The summed E-state index contributed by atoms with van der Waals surface area (Å²) in [7, 11) is 0. The van der Waals surface area contributed by atoms with Crippen LogP contribution in [0.15, 0.2) is 16.5 Å². The van der Waals surface area contributed by atoms with E-state index in [0.717, 1.165) is 0 Å². The Morgan fingerprint density at radius 3 is 3.06 bits per heavy atom. The number of nitrogens with zero attached hydrogens (tertiary/aromatic N) is 2. The predicted molar refractivity (Wildman–Crippen MR) is 63.8 cm³/mol. The van der Waals surface area contributed by atoms with Gasteiger partial charge in [0, 0.05) is 0 Å². The number of hydrogen-bond acceptors (Lipinski definition) is 5. The second kappa shape index (κ2) is 4.02. The first kappa shape index (κ1) is 11.1. The van der Waals surface area contributed by atoms with Gasteiger partial charge < -0.3 is 20.2 Å². The molecular weight excluding hydrogens is 260 g/mol.